The fourth-order valence-electron chi connectivity index (χ4n) is 10.0. The van der Waals surface area contributed by atoms with Gasteiger partial charge in [-0.25, -0.2) is 4.79 Å². The third-order valence-corrected chi connectivity index (χ3v) is 14.8. The highest BCUT2D eigenvalue weighted by molar-refractivity contribution is 6.00. The van der Waals surface area contributed by atoms with E-state index in [1.54, 1.807) is 91.1 Å². The molecule has 0 radical (unpaired) electrons. The molecule has 30 heteroatoms. The summed E-state index contributed by atoms with van der Waals surface area (Å²) < 4.78 is 0. The number of nitrogens with zero attached hydrogens (tertiary/aromatic N) is 1. The number of benzene rings is 3. The van der Waals surface area contributed by atoms with Crippen LogP contribution in [-0.2, 0) is 81.6 Å². The highest BCUT2D eigenvalue weighted by Gasteiger charge is 2.41. The van der Waals surface area contributed by atoms with Gasteiger partial charge in [0.25, 0.3) is 0 Å². The predicted octanol–water partition coefficient (Wildman–Crippen LogP) is -2.92. The Morgan fingerprint density at radius 3 is 1.59 bits per heavy atom. The van der Waals surface area contributed by atoms with Crippen molar-refractivity contribution in [2.24, 2.45) is 23.1 Å². The van der Waals surface area contributed by atoms with Crippen LogP contribution in [-0.4, -0.2) is 187 Å². The van der Waals surface area contributed by atoms with Crippen LogP contribution in [0.25, 0.3) is 10.9 Å². The quantitative estimate of drug-likeness (QED) is 0.0203. The van der Waals surface area contributed by atoms with Crippen LogP contribution in [0.1, 0.15) is 81.9 Å². The molecule has 30 nitrogen and oxygen atoms in total. The molecule has 1 aliphatic heterocycles. The normalized spacial score (nSPS) is 15.8. The second kappa shape index (κ2) is 34.7. The summed E-state index contributed by atoms with van der Waals surface area (Å²) in [4.78, 5) is 179. The van der Waals surface area contributed by atoms with Gasteiger partial charge in [-0.05, 0) is 67.3 Å². The lowest BCUT2D eigenvalue weighted by Crippen LogP contribution is -2.61. The number of nitrogens with one attached hydrogen (secondary N) is 9. The first-order valence-corrected chi connectivity index (χ1v) is 29.2. The first-order chi connectivity index (χ1) is 42.8. The first-order valence-electron chi connectivity index (χ1n) is 29.2. The standard InChI is InChI=1S/C60H79N13O17/c1-32(2)50(60(89)90)72-56(85)44(29-49(78)79)69-57(86)45(31-74)71-53(82)41(25-34-16-7-4-8-17-34)70-58(87)46-21-13-23-73(46)59(88)39(20-11-12-22-61)65-52(81)40(24-33-14-5-3-6-15-33)67-54(83)42(26-35-30-64-38-19-10-9-18-36(35)38)68-55(84)43(28-47(63)75)66-51(80)37(62)27-48(76)77/h3-10,14-19,30,32,37,39-46,50,64,74H,11-13,20-29,31,61-62H2,1-2H3,(H2,63,75)(H,65,81)(H,66,80)(H,67,83)(H,68,84)(H,69,86)(H,70,87)(H,71,82)(H,72,85)(H,76,77)(H,78,79)(H,89,90)/t37-,39-,40-,41-,42-,43-,44-,45-,46-,50-/m0/s1. The Labute approximate surface area is 516 Å². The van der Waals surface area contributed by atoms with Gasteiger partial charge in [0.15, 0.2) is 0 Å². The number of carboxylic acids is 3. The molecule has 3 aromatic carbocycles. The molecule has 486 valence electrons. The van der Waals surface area contributed by atoms with E-state index < -0.39 is 169 Å². The molecule has 0 bridgehead atoms. The van der Waals surface area contributed by atoms with E-state index in [0.29, 0.717) is 34.0 Å². The number of fused-ring (bicyclic) bond motifs is 1. The molecule has 90 heavy (non-hydrogen) atoms. The topological polar surface area (TPSA) is 496 Å². The van der Waals surface area contributed by atoms with Crippen molar-refractivity contribution < 1.29 is 82.8 Å². The fraction of sp³-hybridized carbons (Fsp3) is 0.450. The van der Waals surface area contributed by atoms with Gasteiger partial charge in [-0.2, -0.15) is 0 Å². The smallest absolute Gasteiger partial charge is 0.326 e. The largest absolute Gasteiger partial charge is 0.481 e. The molecule has 19 N–H and O–H groups in total. The Bertz CT molecular complexity index is 3200. The lowest BCUT2D eigenvalue weighted by molar-refractivity contribution is -0.145. The number of aliphatic hydroxyl groups excluding tert-OH is 1. The average molecular weight is 1250 g/mol. The van der Waals surface area contributed by atoms with E-state index in [9.17, 15) is 82.8 Å². The number of aromatic amines is 1. The zero-order valence-corrected chi connectivity index (χ0v) is 49.7. The predicted molar refractivity (Wildman–Crippen MR) is 321 cm³/mol. The summed E-state index contributed by atoms with van der Waals surface area (Å²) in [5.74, 6) is -15.1. The number of aliphatic hydroxyl groups is 1. The molecule has 1 aromatic heterocycles. The van der Waals surface area contributed by atoms with Gasteiger partial charge < -0.3 is 90.0 Å². The van der Waals surface area contributed by atoms with E-state index in [0.717, 1.165) is 0 Å². The minimum Gasteiger partial charge on any atom is -0.481 e. The van der Waals surface area contributed by atoms with E-state index in [4.69, 9.17) is 17.2 Å². The Morgan fingerprint density at radius 1 is 0.567 bits per heavy atom. The maximum absolute atomic E-state index is 14.9. The van der Waals surface area contributed by atoms with Crippen LogP contribution < -0.4 is 59.7 Å². The maximum Gasteiger partial charge on any atom is 0.326 e. The molecule has 4 aromatic rings. The number of unbranched alkanes of at least 4 members (excludes halogenated alkanes) is 1. The Morgan fingerprint density at radius 2 is 1.04 bits per heavy atom. The van der Waals surface area contributed by atoms with Crippen molar-refractivity contribution in [3.8, 4) is 0 Å². The third-order valence-electron chi connectivity index (χ3n) is 14.8. The molecule has 2 heterocycles. The summed E-state index contributed by atoms with van der Waals surface area (Å²) in [5.41, 5.74) is 19.3. The molecule has 10 atom stereocenters. The molecule has 5 rings (SSSR count). The highest BCUT2D eigenvalue weighted by Crippen LogP contribution is 2.23. The van der Waals surface area contributed by atoms with Gasteiger partial charge in [0, 0.05) is 42.9 Å². The van der Waals surface area contributed by atoms with Gasteiger partial charge in [-0.1, -0.05) is 92.7 Å². The van der Waals surface area contributed by atoms with Gasteiger partial charge in [-0.15, -0.1) is 0 Å². The van der Waals surface area contributed by atoms with Crippen LogP contribution in [0.15, 0.2) is 91.1 Å². The number of likely N-dealkylation sites (tertiary alicyclic amines) is 1. The number of H-pyrrole nitrogens is 1. The van der Waals surface area contributed by atoms with Crippen molar-refractivity contribution in [2.45, 2.75) is 145 Å². The van der Waals surface area contributed by atoms with Crippen molar-refractivity contribution >= 4 is 87.9 Å². The van der Waals surface area contributed by atoms with E-state index in [1.807, 2.05) is 0 Å². The lowest BCUT2D eigenvalue weighted by atomic mass is 10.0. The first kappa shape index (κ1) is 70.9. The summed E-state index contributed by atoms with van der Waals surface area (Å²) in [7, 11) is 0. The summed E-state index contributed by atoms with van der Waals surface area (Å²) >= 11 is 0. The molecule has 1 saturated heterocycles. The van der Waals surface area contributed by atoms with Crippen LogP contribution in [0.4, 0.5) is 0 Å². The monoisotopic (exact) mass is 1250 g/mol. The number of nitrogens with two attached hydrogens (primary N) is 3. The number of hydrogen-bond acceptors (Lipinski definition) is 16. The van der Waals surface area contributed by atoms with E-state index >= 15 is 0 Å². The molecule has 1 aliphatic rings. The fourth-order valence-corrected chi connectivity index (χ4v) is 10.0. The van der Waals surface area contributed by atoms with Gasteiger partial charge in [0.2, 0.25) is 59.1 Å². The molecule has 10 amide bonds. The molecule has 0 saturated carbocycles. The zero-order chi connectivity index (χ0) is 66.2. The molecule has 0 unspecified atom stereocenters. The summed E-state index contributed by atoms with van der Waals surface area (Å²) in [5, 5.41) is 59.0. The highest BCUT2D eigenvalue weighted by atomic mass is 16.4. The molecule has 0 aliphatic carbocycles. The Balaban J connectivity index is 1.41. The number of para-hydroxylation sites is 1. The number of rotatable bonds is 36. The number of carboxylic acid groups (broad SMARTS) is 3. The van der Waals surface area contributed by atoms with E-state index in [1.165, 1.54) is 18.7 Å². The zero-order valence-electron chi connectivity index (χ0n) is 49.7. The second-order valence-electron chi connectivity index (χ2n) is 22.1. The summed E-state index contributed by atoms with van der Waals surface area (Å²) in [6.07, 6.45) is -0.660. The van der Waals surface area contributed by atoms with Gasteiger partial charge in [0.05, 0.1) is 31.9 Å². The van der Waals surface area contributed by atoms with Crippen molar-refractivity contribution in [1.29, 1.82) is 0 Å². The van der Waals surface area contributed by atoms with Crippen LogP contribution >= 0.6 is 0 Å². The van der Waals surface area contributed by atoms with Gasteiger partial charge in [0.1, 0.15) is 54.4 Å². The van der Waals surface area contributed by atoms with Crippen LogP contribution in [0.5, 0.6) is 0 Å². The number of carbonyl (C=O) groups excluding carboxylic acids is 10. The number of hydrogen-bond donors (Lipinski definition) is 16. The molecule has 0 spiro atoms. The van der Waals surface area contributed by atoms with Gasteiger partial charge >= 0.3 is 17.9 Å². The number of carbonyl (C=O) groups is 13. The van der Waals surface area contributed by atoms with Crippen molar-refractivity contribution in [3.63, 3.8) is 0 Å². The maximum atomic E-state index is 14.9. The number of aromatic nitrogens is 1. The average Bonchev–Trinajstić information content (AvgIpc) is 1.90. The third kappa shape index (κ3) is 21.5. The van der Waals surface area contributed by atoms with Crippen LogP contribution in [0, 0.1) is 5.92 Å². The summed E-state index contributed by atoms with van der Waals surface area (Å²) in [6, 6.07) is 8.00. The lowest BCUT2D eigenvalue weighted by Gasteiger charge is -2.31. The van der Waals surface area contributed by atoms with Crippen LogP contribution in [0.3, 0.4) is 0 Å². The molecular formula is C60H79N13O17. The molecular weight excluding hydrogens is 1170 g/mol. The summed E-state index contributed by atoms with van der Waals surface area (Å²) in [6.45, 7) is 2.08. The number of amides is 10. The number of primary amides is 1. The Hall–Kier alpha value is -9.81. The van der Waals surface area contributed by atoms with Crippen LogP contribution in [0.2, 0.25) is 0 Å². The number of aliphatic carboxylic acids is 3. The Kier molecular flexibility index (Phi) is 27.3. The molecule has 1 fully saturated rings. The van der Waals surface area contributed by atoms with Crippen molar-refractivity contribution in [2.75, 3.05) is 19.7 Å². The van der Waals surface area contributed by atoms with Gasteiger partial charge in [-0.3, -0.25) is 57.5 Å². The van der Waals surface area contributed by atoms with Crippen molar-refractivity contribution in [3.05, 3.63) is 108 Å². The SMILES string of the molecule is CC(C)[C@H](NC(=O)[C@H](CC(=O)O)NC(=O)[C@H](CO)NC(=O)[C@H](Cc1ccccc1)NC(=O)[C@@H]1CCCN1C(=O)[C@H](CCCCN)NC(=O)[C@H](Cc1ccccc1)NC(=O)[C@H](Cc1c[nH]c2ccccc12)NC(=O)[C@H](CC(N)=O)NC(=O)[C@@H](N)CC(=O)O)C(=O)O. The van der Waals surface area contributed by atoms with E-state index in [-0.39, 0.29) is 58.0 Å². The van der Waals surface area contributed by atoms with Crippen molar-refractivity contribution in [1.82, 2.24) is 52.4 Å². The minimum absolute atomic E-state index is 0.0000437. The van der Waals surface area contributed by atoms with E-state index in [2.05, 4.69) is 47.5 Å². The second-order valence-corrected chi connectivity index (χ2v) is 22.1. The minimum atomic E-state index is -1.86.